The number of carbonyl (C=O) groups excluding carboxylic acids is 2. The number of carbonyl (C=O) groups is 2. The Morgan fingerprint density at radius 1 is 0.365 bits per heavy atom. The Hall–Kier alpha value is -7.08. The average Bonchev–Trinajstić information content (AvgIpc) is 0.763. The molecule has 16 atom stereocenters. The summed E-state index contributed by atoms with van der Waals surface area (Å²) in [5.74, 6) is -0.987. The summed E-state index contributed by atoms with van der Waals surface area (Å²) in [6, 6.07) is 68.3. The van der Waals surface area contributed by atoms with E-state index in [4.69, 9.17) is 75.8 Å². The van der Waals surface area contributed by atoms with Crippen molar-refractivity contribution in [3.05, 3.63) is 251 Å². The van der Waals surface area contributed by atoms with Crippen LogP contribution in [0.3, 0.4) is 0 Å². The fourth-order valence-corrected chi connectivity index (χ4v) is 11.8. The second-order valence-electron chi connectivity index (χ2n) is 26.5. The van der Waals surface area contributed by atoms with E-state index in [9.17, 15) is 9.59 Å². The van der Waals surface area contributed by atoms with Crippen LogP contribution in [0.1, 0.15) is 86.8 Å². The minimum atomic E-state index is -1.43. The van der Waals surface area contributed by atoms with Crippen molar-refractivity contribution in [3.63, 3.8) is 0 Å². The molecule has 96 heavy (non-hydrogen) atoms. The van der Waals surface area contributed by atoms with Gasteiger partial charge in [-0.1, -0.05) is 212 Å². The summed E-state index contributed by atoms with van der Waals surface area (Å²) in [6.07, 6.45) is -17.0. The summed E-state index contributed by atoms with van der Waals surface area (Å²) < 4.78 is 112. The predicted octanol–water partition coefficient (Wildman–Crippen LogP) is 12.4. The van der Waals surface area contributed by atoms with E-state index < -0.39 is 121 Å². The summed E-state index contributed by atoms with van der Waals surface area (Å²) in [6.45, 7) is 10.7. The van der Waals surface area contributed by atoms with E-state index in [-0.39, 0.29) is 59.5 Å². The fourth-order valence-electron chi connectivity index (χ4n) is 11.8. The van der Waals surface area contributed by atoms with Crippen molar-refractivity contribution in [2.45, 2.75) is 180 Å². The highest BCUT2D eigenvalue weighted by atomic mass is 16.8. The average molecular weight is 1320 g/mol. The maximum atomic E-state index is 14.2. The summed E-state index contributed by atoms with van der Waals surface area (Å²) in [5.41, 5.74) is 4.19. The smallest absolute Gasteiger partial charge is 0.311 e. The molecule has 4 saturated heterocycles. The van der Waals surface area contributed by atoms with Crippen molar-refractivity contribution in [3.8, 4) is 0 Å². The highest BCUT2D eigenvalue weighted by molar-refractivity contribution is 5.75. The van der Waals surface area contributed by atoms with E-state index in [1.807, 2.05) is 212 Å². The molecule has 0 bridgehead atoms. The quantitative estimate of drug-likeness (QED) is 0.0422. The molecular weight excluding hydrogens is 1220 g/mol. The molecule has 1 unspecified atom stereocenters. The van der Waals surface area contributed by atoms with Gasteiger partial charge in [-0.2, -0.15) is 0 Å². The van der Waals surface area contributed by atoms with Gasteiger partial charge in [-0.15, -0.1) is 0 Å². The minimum absolute atomic E-state index is 0.0335. The van der Waals surface area contributed by atoms with Crippen LogP contribution < -0.4 is 0 Å². The lowest BCUT2D eigenvalue weighted by atomic mass is 9.94. The largest absolute Gasteiger partial charge is 0.462 e. The van der Waals surface area contributed by atoms with Gasteiger partial charge in [0.15, 0.2) is 25.2 Å². The second-order valence-corrected chi connectivity index (χ2v) is 26.5. The SMILES string of the molecule is CO[C@@H]1O[C@H](COC(=O)C(C)(C)C)[C@@H](O[C@@H]2O[C@H](COC(=O)C(C)(C)C)[C@@H](O[C@@H]3O[C@@H]4COC(c5ccccc5)O[C@H]4[C@H](OCc4ccccc4)[C@@H]3OCc3ccccc3)[C@H](OCc3ccccc3)[C@@H]2OCc2ccccc2)[C@H](OCc2ccccc2)[C@@H]1OCc1ccccc1. The van der Waals surface area contributed by atoms with Crippen LogP contribution in [0.2, 0.25) is 0 Å². The summed E-state index contributed by atoms with van der Waals surface area (Å²) in [4.78, 5) is 28.1. The molecular formula is C78H90O18. The van der Waals surface area contributed by atoms with Crippen LogP contribution in [0.15, 0.2) is 212 Å². The second kappa shape index (κ2) is 33.9. The molecule has 0 saturated carbocycles. The van der Waals surface area contributed by atoms with Gasteiger partial charge < -0.3 is 75.8 Å². The van der Waals surface area contributed by atoms with Gasteiger partial charge in [-0.05, 0) is 74.9 Å². The van der Waals surface area contributed by atoms with Gasteiger partial charge in [0.1, 0.15) is 86.5 Å². The lowest BCUT2D eigenvalue weighted by molar-refractivity contribution is -0.405. The first-order valence-electron chi connectivity index (χ1n) is 33.0. The molecule has 0 radical (unpaired) electrons. The van der Waals surface area contributed by atoms with Crippen molar-refractivity contribution in [1.29, 1.82) is 0 Å². The Labute approximate surface area is 563 Å². The molecule has 0 aliphatic carbocycles. The number of hydrogen-bond acceptors (Lipinski definition) is 18. The predicted molar refractivity (Wildman–Crippen MR) is 354 cm³/mol. The van der Waals surface area contributed by atoms with Gasteiger partial charge >= 0.3 is 11.9 Å². The van der Waals surface area contributed by atoms with E-state index in [0.29, 0.717) is 0 Å². The van der Waals surface area contributed by atoms with E-state index >= 15 is 0 Å². The number of fused-ring (bicyclic) bond motifs is 1. The Kier molecular flexibility index (Phi) is 24.8. The molecule has 0 amide bonds. The number of ether oxygens (including phenoxy) is 16. The number of hydrogen-bond donors (Lipinski definition) is 0. The Bertz CT molecular complexity index is 3420. The molecule has 4 heterocycles. The zero-order valence-corrected chi connectivity index (χ0v) is 55.7. The Balaban J connectivity index is 1.03. The van der Waals surface area contributed by atoms with E-state index in [0.717, 1.165) is 38.9 Å². The van der Waals surface area contributed by atoms with Crippen LogP contribution in [0.5, 0.6) is 0 Å². The first-order chi connectivity index (χ1) is 46.6. The first kappa shape index (κ1) is 70.2. The normalized spacial score (nSPS) is 27.7. The Morgan fingerprint density at radius 2 is 0.667 bits per heavy atom. The van der Waals surface area contributed by atoms with Gasteiger partial charge in [0.25, 0.3) is 0 Å². The zero-order chi connectivity index (χ0) is 66.9. The zero-order valence-electron chi connectivity index (χ0n) is 55.7. The molecule has 0 N–H and O–H groups in total. The minimum Gasteiger partial charge on any atom is -0.462 e. The molecule has 4 fully saturated rings. The highest BCUT2D eigenvalue weighted by Crippen LogP contribution is 2.42. The number of rotatable bonds is 28. The molecule has 7 aromatic rings. The van der Waals surface area contributed by atoms with Crippen molar-refractivity contribution < 1.29 is 85.4 Å². The molecule has 510 valence electrons. The van der Waals surface area contributed by atoms with Gasteiger partial charge in [0.2, 0.25) is 0 Å². The van der Waals surface area contributed by atoms with E-state index in [1.165, 1.54) is 7.11 Å². The summed E-state index contributed by atoms with van der Waals surface area (Å²) in [7, 11) is 1.52. The Morgan fingerprint density at radius 3 is 1.02 bits per heavy atom. The number of benzene rings is 7. The molecule has 0 spiro atoms. The van der Waals surface area contributed by atoms with Gasteiger partial charge in [0, 0.05) is 12.7 Å². The standard InChI is InChI=1S/C78H90O18/c1-77(2,3)75(79)89-50-60-63(65(82-43-52-29-15-8-16-30-52)68(72(81-7)91-60)85-46-55-35-21-11-22-36-55)95-74-70(87-48-57-39-25-13-26-40-57)67(84-45-54-33-19-10-20-34-54)64(61(93-74)51-90-76(80)78(4,5)6)96-73-69(86-47-56-37-23-12-24-38-56)66(83-44-53-31-17-9-18-32-53)62-59(92-73)49-88-71(94-62)58-41-27-14-28-42-58/h8-42,59-74H,43-51H2,1-7H3/t59-,60-,61-,62-,63-,64-,65+,66+,67+,68+,69+,70+,71?,72-,73+,74+/m1/s1. The third-order valence-electron chi connectivity index (χ3n) is 17.0. The van der Waals surface area contributed by atoms with Crippen molar-refractivity contribution in [2.24, 2.45) is 10.8 Å². The van der Waals surface area contributed by atoms with Crippen LogP contribution in [-0.4, -0.2) is 131 Å². The fraction of sp³-hybridized carbons (Fsp3) is 0.436. The maximum Gasteiger partial charge on any atom is 0.311 e. The van der Waals surface area contributed by atoms with Crippen LogP contribution in [0.4, 0.5) is 0 Å². The molecule has 18 heteroatoms. The van der Waals surface area contributed by atoms with Crippen LogP contribution >= 0.6 is 0 Å². The lowest BCUT2D eigenvalue weighted by Crippen LogP contribution is -2.68. The molecule has 18 nitrogen and oxygen atoms in total. The van der Waals surface area contributed by atoms with Gasteiger partial charge in [0.05, 0.1) is 57.1 Å². The first-order valence-corrected chi connectivity index (χ1v) is 33.0. The topological polar surface area (TPSA) is 182 Å². The van der Waals surface area contributed by atoms with E-state index in [1.54, 1.807) is 41.5 Å². The molecule has 0 aromatic heterocycles. The summed E-state index contributed by atoms with van der Waals surface area (Å²) in [5, 5.41) is 0. The van der Waals surface area contributed by atoms with Crippen LogP contribution in [0.25, 0.3) is 0 Å². The number of methoxy groups -OCH3 is 1. The highest BCUT2D eigenvalue weighted by Gasteiger charge is 2.58. The van der Waals surface area contributed by atoms with Crippen molar-refractivity contribution >= 4 is 11.9 Å². The summed E-state index contributed by atoms with van der Waals surface area (Å²) >= 11 is 0. The monoisotopic (exact) mass is 1310 g/mol. The molecule has 4 aliphatic rings. The third-order valence-corrected chi connectivity index (χ3v) is 17.0. The van der Waals surface area contributed by atoms with Crippen molar-refractivity contribution in [2.75, 3.05) is 26.9 Å². The molecule has 7 aromatic carbocycles. The molecule has 4 aliphatic heterocycles. The van der Waals surface area contributed by atoms with Crippen LogP contribution in [0, 0.1) is 10.8 Å². The van der Waals surface area contributed by atoms with Crippen molar-refractivity contribution in [1.82, 2.24) is 0 Å². The van der Waals surface area contributed by atoms with Crippen LogP contribution in [-0.2, 0) is 125 Å². The number of esters is 2. The third kappa shape index (κ3) is 19.0. The van der Waals surface area contributed by atoms with Gasteiger partial charge in [-0.3, -0.25) is 9.59 Å². The lowest BCUT2D eigenvalue weighted by Gasteiger charge is -2.52. The van der Waals surface area contributed by atoms with Gasteiger partial charge in [-0.25, -0.2) is 0 Å². The maximum absolute atomic E-state index is 14.2. The van der Waals surface area contributed by atoms with E-state index in [2.05, 4.69) is 0 Å². The molecule has 11 rings (SSSR count).